The number of nitrogens with one attached hydrogen (secondary N) is 1. The standard InChI is InChI=1S/C23H24N2O4S/c1-16-5-12-21(13-6-16)30(27,28)25(3)22-14-7-18(15-17(22)2)23(26)24-19-8-10-20(29-4)11-9-19/h5-15H,1-4H3,(H,24,26). The molecule has 0 aromatic heterocycles. The minimum Gasteiger partial charge on any atom is -0.497 e. The van der Waals surface area contributed by atoms with Crippen LogP contribution in [0.5, 0.6) is 5.75 Å². The molecule has 0 heterocycles. The molecule has 3 aromatic rings. The molecule has 0 aliphatic carbocycles. The molecule has 3 rings (SSSR count). The van der Waals surface area contributed by atoms with Crippen LogP contribution in [0.3, 0.4) is 0 Å². The fourth-order valence-corrected chi connectivity index (χ4v) is 4.29. The summed E-state index contributed by atoms with van der Waals surface area (Å²) in [5, 5.41) is 2.82. The highest BCUT2D eigenvalue weighted by molar-refractivity contribution is 7.92. The minimum absolute atomic E-state index is 0.219. The number of carbonyl (C=O) groups excluding carboxylic acids is 1. The lowest BCUT2D eigenvalue weighted by atomic mass is 10.1. The van der Waals surface area contributed by atoms with Crippen LogP contribution in [0.25, 0.3) is 0 Å². The van der Waals surface area contributed by atoms with Gasteiger partial charge in [0.15, 0.2) is 0 Å². The lowest BCUT2D eigenvalue weighted by Gasteiger charge is -2.22. The molecule has 0 aliphatic heterocycles. The second-order valence-electron chi connectivity index (χ2n) is 6.97. The van der Waals surface area contributed by atoms with Crippen LogP contribution >= 0.6 is 0 Å². The van der Waals surface area contributed by atoms with E-state index in [0.717, 1.165) is 5.56 Å². The maximum absolute atomic E-state index is 12.9. The van der Waals surface area contributed by atoms with Gasteiger partial charge in [-0.3, -0.25) is 9.10 Å². The second kappa shape index (κ2) is 8.59. The van der Waals surface area contributed by atoms with E-state index < -0.39 is 10.0 Å². The summed E-state index contributed by atoms with van der Waals surface area (Å²) in [6.07, 6.45) is 0. The maximum atomic E-state index is 12.9. The summed E-state index contributed by atoms with van der Waals surface area (Å²) in [5.41, 5.74) is 3.25. The number of carbonyl (C=O) groups is 1. The van der Waals surface area contributed by atoms with Gasteiger partial charge in [-0.2, -0.15) is 0 Å². The highest BCUT2D eigenvalue weighted by Gasteiger charge is 2.23. The lowest BCUT2D eigenvalue weighted by Crippen LogP contribution is -2.27. The molecule has 0 saturated carbocycles. The van der Waals surface area contributed by atoms with E-state index in [1.54, 1.807) is 80.8 Å². The summed E-state index contributed by atoms with van der Waals surface area (Å²) < 4.78 is 32.2. The van der Waals surface area contributed by atoms with E-state index in [2.05, 4.69) is 5.32 Å². The van der Waals surface area contributed by atoms with Crippen molar-refractivity contribution >= 4 is 27.3 Å². The van der Waals surface area contributed by atoms with E-state index in [1.165, 1.54) is 11.4 Å². The molecule has 30 heavy (non-hydrogen) atoms. The molecule has 3 aromatic carbocycles. The van der Waals surface area contributed by atoms with E-state index in [0.29, 0.717) is 28.3 Å². The van der Waals surface area contributed by atoms with Crippen LogP contribution in [0, 0.1) is 13.8 Å². The number of aryl methyl sites for hydroxylation is 2. The zero-order valence-electron chi connectivity index (χ0n) is 17.3. The molecule has 1 N–H and O–H groups in total. The normalized spacial score (nSPS) is 11.1. The number of nitrogens with zero attached hydrogens (tertiary/aromatic N) is 1. The summed E-state index contributed by atoms with van der Waals surface area (Å²) >= 11 is 0. The molecule has 6 nitrogen and oxygen atoms in total. The van der Waals surface area contributed by atoms with Crippen LogP contribution in [0.4, 0.5) is 11.4 Å². The van der Waals surface area contributed by atoms with Gasteiger partial charge in [0.1, 0.15) is 5.75 Å². The number of amides is 1. The predicted molar refractivity (Wildman–Crippen MR) is 119 cm³/mol. The minimum atomic E-state index is -3.70. The fraction of sp³-hybridized carbons (Fsp3) is 0.174. The predicted octanol–water partition coefficient (Wildman–Crippen LogP) is 4.39. The van der Waals surface area contributed by atoms with Gasteiger partial charge in [0, 0.05) is 18.3 Å². The van der Waals surface area contributed by atoms with Gasteiger partial charge < -0.3 is 10.1 Å². The zero-order valence-corrected chi connectivity index (χ0v) is 18.2. The van der Waals surface area contributed by atoms with Crippen molar-refractivity contribution < 1.29 is 17.9 Å². The van der Waals surface area contributed by atoms with Crippen molar-refractivity contribution in [1.82, 2.24) is 0 Å². The summed E-state index contributed by atoms with van der Waals surface area (Å²) in [5.74, 6) is 0.421. The van der Waals surface area contributed by atoms with Crippen LogP contribution in [0.1, 0.15) is 21.5 Å². The molecule has 1 amide bonds. The molecular formula is C23H24N2O4S. The van der Waals surface area contributed by atoms with Gasteiger partial charge in [-0.15, -0.1) is 0 Å². The molecule has 0 saturated heterocycles. The third-order valence-corrected chi connectivity index (χ3v) is 6.61. The number of sulfonamides is 1. The molecule has 0 unspecified atom stereocenters. The lowest BCUT2D eigenvalue weighted by molar-refractivity contribution is 0.102. The van der Waals surface area contributed by atoms with Crippen LogP contribution in [-0.2, 0) is 10.0 Å². The molecule has 7 heteroatoms. The van der Waals surface area contributed by atoms with Gasteiger partial charge in [-0.05, 0) is 74.0 Å². The third-order valence-electron chi connectivity index (χ3n) is 4.83. The number of benzene rings is 3. The summed E-state index contributed by atoms with van der Waals surface area (Å²) in [7, 11) is -0.613. The Bertz CT molecular complexity index is 1150. The van der Waals surface area contributed by atoms with E-state index in [4.69, 9.17) is 4.74 Å². The van der Waals surface area contributed by atoms with Crippen molar-refractivity contribution in [3.05, 3.63) is 83.4 Å². The number of hydrogen-bond donors (Lipinski definition) is 1. The smallest absolute Gasteiger partial charge is 0.264 e. The highest BCUT2D eigenvalue weighted by atomic mass is 32.2. The van der Waals surface area contributed by atoms with Crippen LogP contribution in [0.15, 0.2) is 71.6 Å². The summed E-state index contributed by atoms with van der Waals surface area (Å²) in [4.78, 5) is 12.8. The molecule has 0 fully saturated rings. The van der Waals surface area contributed by atoms with Crippen LogP contribution in [-0.4, -0.2) is 28.5 Å². The van der Waals surface area contributed by atoms with Gasteiger partial charge in [0.2, 0.25) is 0 Å². The quantitative estimate of drug-likeness (QED) is 0.637. The largest absolute Gasteiger partial charge is 0.497 e. The Hall–Kier alpha value is -3.32. The van der Waals surface area contributed by atoms with Gasteiger partial charge in [0.05, 0.1) is 17.7 Å². The van der Waals surface area contributed by atoms with E-state index in [9.17, 15) is 13.2 Å². The Morgan fingerprint density at radius 1 is 0.933 bits per heavy atom. The van der Waals surface area contributed by atoms with Crippen LogP contribution < -0.4 is 14.4 Å². The molecule has 0 radical (unpaired) electrons. The Morgan fingerprint density at radius 3 is 2.13 bits per heavy atom. The number of methoxy groups -OCH3 is 1. The zero-order chi connectivity index (χ0) is 21.9. The summed E-state index contributed by atoms with van der Waals surface area (Å²) in [6.45, 7) is 3.68. The number of hydrogen-bond acceptors (Lipinski definition) is 4. The van der Waals surface area contributed by atoms with Crippen molar-refractivity contribution in [2.45, 2.75) is 18.7 Å². The number of ether oxygens (including phenoxy) is 1. The molecule has 0 atom stereocenters. The maximum Gasteiger partial charge on any atom is 0.264 e. The van der Waals surface area contributed by atoms with Gasteiger partial charge in [-0.1, -0.05) is 17.7 Å². The SMILES string of the molecule is COc1ccc(NC(=O)c2ccc(N(C)S(=O)(=O)c3ccc(C)cc3)c(C)c2)cc1. The van der Waals surface area contributed by atoms with Crippen molar-refractivity contribution in [2.24, 2.45) is 0 Å². The third kappa shape index (κ3) is 4.46. The molecule has 0 bridgehead atoms. The second-order valence-corrected chi connectivity index (χ2v) is 8.94. The van der Waals surface area contributed by atoms with E-state index >= 15 is 0 Å². The van der Waals surface area contributed by atoms with Crippen LogP contribution in [0.2, 0.25) is 0 Å². The van der Waals surface area contributed by atoms with Crippen molar-refractivity contribution in [2.75, 3.05) is 23.8 Å². The fourth-order valence-electron chi connectivity index (χ4n) is 3.03. The molecular weight excluding hydrogens is 400 g/mol. The first kappa shape index (κ1) is 21.4. The van der Waals surface area contributed by atoms with E-state index in [1.807, 2.05) is 6.92 Å². The Kier molecular flexibility index (Phi) is 6.12. The first-order valence-corrected chi connectivity index (χ1v) is 10.8. The number of rotatable bonds is 6. The van der Waals surface area contributed by atoms with Gasteiger partial charge in [-0.25, -0.2) is 8.42 Å². The van der Waals surface area contributed by atoms with Crippen molar-refractivity contribution in [3.8, 4) is 5.75 Å². The average Bonchev–Trinajstić information content (AvgIpc) is 2.74. The molecule has 0 spiro atoms. The summed E-state index contributed by atoms with van der Waals surface area (Å²) in [6, 6.07) is 18.7. The highest BCUT2D eigenvalue weighted by Crippen LogP contribution is 2.27. The van der Waals surface area contributed by atoms with E-state index in [-0.39, 0.29) is 10.8 Å². The van der Waals surface area contributed by atoms with Gasteiger partial charge in [0.25, 0.3) is 15.9 Å². The van der Waals surface area contributed by atoms with Crippen molar-refractivity contribution in [3.63, 3.8) is 0 Å². The Labute approximate surface area is 177 Å². The monoisotopic (exact) mass is 424 g/mol. The first-order valence-electron chi connectivity index (χ1n) is 9.34. The molecule has 156 valence electrons. The average molecular weight is 425 g/mol. The molecule has 0 aliphatic rings. The Balaban J connectivity index is 1.81. The Morgan fingerprint density at radius 2 is 1.57 bits per heavy atom. The van der Waals surface area contributed by atoms with Gasteiger partial charge >= 0.3 is 0 Å². The van der Waals surface area contributed by atoms with Crippen molar-refractivity contribution in [1.29, 1.82) is 0 Å². The number of anilines is 2. The topological polar surface area (TPSA) is 75.7 Å². The first-order chi connectivity index (χ1) is 14.2.